The number of halogens is 1. The number of hydrogen-bond acceptors (Lipinski definition) is 8. The molecule has 34 heavy (non-hydrogen) atoms. The van der Waals surface area contributed by atoms with Crippen molar-refractivity contribution in [2.24, 2.45) is 0 Å². The first-order valence-corrected chi connectivity index (χ1v) is 10.9. The summed E-state index contributed by atoms with van der Waals surface area (Å²) in [6.45, 7) is 2.99. The molecule has 1 aromatic heterocycles. The summed E-state index contributed by atoms with van der Waals surface area (Å²) in [7, 11) is -1.17. The average Bonchev–Trinajstić information content (AvgIpc) is 2.90. The largest absolute Gasteiger partial charge is 0.494 e. The summed E-state index contributed by atoms with van der Waals surface area (Å²) >= 11 is 6.37. The molecule has 3 N–H and O–H groups in total. The first kappa shape index (κ1) is 19.9. The van der Waals surface area contributed by atoms with Crippen LogP contribution in [-0.4, -0.2) is 51.3 Å². The highest BCUT2D eigenvalue weighted by atomic mass is 35.5. The van der Waals surface area contributed by atoms with Crippen LogP contribution in [0.15, 0.2) is 54.7 Å². The summed E-state index contributed by atoms with van der Waals surface area (Å²) in [5.41, 5.74) is 4.71. The van der Waals surface area contributed by atoms with Gasteiger partial charge in [-0.3, -0.25) is 9.63 Å². The molecule has 4 rings (SSSR count). The van der Waals surface area contributed by atoms with Gasteiger partial charge >= 0.3 is 0 Å². The fourth-order valence-electron chi connectivity index (χ4n) is 3.58. The van der Waals surface area contributed by atoms with Gasteiger partial charge in [-0.05, 0) is 24.3 Å². The zero-order valence-corrected chi connectivity index (χ0v) is 19.2. The molecule has 10 heteroatoms. The number of carbonyl (C=O) groups is 1. The van der Waals surface area contributed by atoms with Crippen molar-refractivity contribution in [2.45, 2.75) is 0 Å². The maximum atomic E-state index is 12.5. The van der Waals surface area contributed by atoms with Gasteiger partial charge in [0.2, 0.25) is 0 Å². The molecule has 2 aromatic carbocycles. The number of nitrogens with one attached hydrogen (secondary N) is 3. The van der Waals surface area contributed by atoms with Crippen molar-refractivity contribution < 1.29 is 23.2 Å². The van der Waals surface area contributed by atoms with Crippen LogP contribution in [0.5, 0.6) is 5.75 Å². The molecular weight excluding hydrogens is 458 g/mol. The van der Waals surface area contributed by atoms with Crippen LogP contribution < -0.4 is 25.8 Å². The lowest BCUT2D eigenvalue weighted by Crippen LogP contribution is -2.36. The van der Waals surface area contributed by atoms with Gasteiger partial charge < -0.3 is 25.0 Å². The summed E-state index contributed by atoms with van der Waals surface area (Å²) in [6.07, 6.45) is 1.47. The van der Waals surface area contributed by atoms with Crippen molar-refractivity contribution in [3.63, 3.8) is 0 Å². The lowest BCUT2D eigenvalue weighted by molar-refractivity contribution is 0.0538. The Morgan fingerprint density at radius 1 is 1.12 bits per heavy atom. The summed E-state index contributed by atoms with van der Waals surface area (Å²) in [6, 6.07) is 14.1. The zero-order valence-electron chi connectivity index (χ0n) is 21.4. The molecule has 178 valence electrons. The van der Waals surface area contributed by atoms with Crippen molar-refractivity contribution in [1.82, 2.24) is 10.5 Å². The summed E-state index contributed by atoms with van der Waals surface area (Å²) in [5.74, 6) is 0.399. The summed E-state index contributed by atoms with van der Waals surface area (Å²) in [4.78, 5) is 23.5. The number of anilines is 5. The molecule has 2 heterocycles. The number of amides is 1. The molecule has 1 fully saturated rings. The number of hydroxylamine groups is 1. The van der Waals surface area contributed by atoms with E-state index in [9.17, 15) is 4.79 Å². The number of pyridine rings is 1. The molecule has 1 aliphatic rings. The number of morpholine rings is 1. The van der Waals surface area contributed by atoms with Gasteiger partial charge in [0.15, 0.2) is 0 Å². The third kappa shape index (κ3) is 5.51. The van der Waals surface area contributed by atoms with Gasteiger partial charge in [-0.15, -0.1) is 0 Å². The molecule has 0 spiro atoms. The number of aromatic nitrogens is 1. The van der Waals surface area contributed by atoms with Crippen LogP contribution in [0, 0.1) is 0 Å². The fraction of sp³-hybridized carbons (Fsp3) is 0.250. The van der Waals surface area contributed by atoms with Crippen molar-refractivity contribution in [3.8, 4) is 5.75 Å². The first-order chi connectivity index (χ1) is 17.7. The second-order valence-corrected chi connectivity index (χ2v) is 7.77. The van der Waals surface area contributed by atoms with Crippen LogP contribution in [0.25, 0.3) is 0 Å². The smallest absolute Gasteiger partial charge is 0.276 e. The van der Waals surface area contributed by atoms with Crippen molar-refractivity contribution >= 4 is 46.1 Å². The van der Waals surface area contributed by atoms with Gasteiger partial charge in [-0.2, -0.15) is 0 Å². The van der Waals surface area contributed by atoms with E-state index in [1.54, 1.807) is 31.4 Å². The molecule has 0 unspecified atom stereocenters. The number of methoxy groups -OCH3 is 1. The van der Waals surface area contributed by atoms with Gasteiger partial charge in [0.1, 0.15) is 11.6 Å². The molecule has 1 amide bonds. The van der Waals surface area contributed by atoms with Gasteiger partial charge in [-0.1, -0.05) is 23.7 Å². The standard InChI is InChI=1S/C24H26ClN5O4/c1-32-22-13-16(30-9-11-34-12-10-30)7-8-20(22)28-23-14-21(18(25)15-26-23)27-19-6-4-3-5-17(19)24(31)29-33-2/h3-8,13-15H,9-12H2,1-2H3,(H,29,31)(H2,26,27,28)/i2D3. The predicted molar refractivity (Wildman–Crippen MR) is 133 cm³/mol. The Bertz CT molecular complexity index is 1260. The Kier molecular flexibility index (Phi) is 6.47. The molecule has 3 aromatic rings. The molecular formula is C24H26ClN5O4. The maximum absolute atomic E-state index is 12.5. The van der Waals surface area contributed by atoms with Crippen molar-refractivity contribution in [3.05, 3.63) is 65.3 Å². The molecule has 1 saturated heterocycles. The first-order valence-electron chi connectivity index (χ1n) is 12.0. The molecule has 0 bridgehead atoms. The van der Waals surface area contributed by atoms with Crippen LogP contribution in [0.3, 0.4) is 0 Å². The number of para-hydroxylation sites is 1. The third-order valence-electron chi connectivity index (χ3n) is 5.26. The van der Waals surface area contributed by atoms with E-state index in [1.807, 2.05) is 23.7 Å². The van der Waals surface area contributed by atoms with Crippen LogP contribution in [-0.2, 0) is 9.57 Å². The van der Waals surface area contributed by atoms with Gasteiger partial charge in [0.25, 0.3) is 5.91 Å². The van der Waals surface area contributed by atoms with E-state index >= 15 is 0 Å². The van der Waals surface area contributed by atoms with Crippen LogP contribution in [0.4, 0.5) is 28.6 Å². The maximum Gasteiger partial charge on any atom is 0.276 e. The van der Waals surface area contributed by atoms with Crippen molar-refractivity contribution in [1.29, 1.82) is 0 Å². The molecule has 0 atom stereocenters. The second-order valence-electron chi connectivity index (χ2n) is 7.36. The van der Waals surface area contributed by atoms with E-state index in [0.717, 1.165) is 18.8 Å². The van der Waals surface area contributed by atoms with E-state index in [1.165, 1.54) is 12.3 Å². The minimum absolute atomic E-state index is 0.162. The van der Waals surface area contributed by atoms with Gasteiger partial charge in [0, 0.05) is 30.9 Å². The number of hydrogen-bond donors (Lipinski definition) is 3. The van der Waals surface area contributed by atoms with E-state index in [2.05, 4.69) is 25.4 Å². The second kappa shape index (κ2) is 11.1. The molecule has 0 aliphatic carbocycles. The van der Waals surface area contributed by atoms with E-state index in [4.69, 9.17) is 25.2 Å². The monoisotopic (exact) mass is 486 g/mol. The summed E-state index contributed by atoms with van der Waals surface area (Å²) in [5, 5.41) is 6.66. The predicted octanol–water partition coefficient (Wildman–Crippen LogP) is 4.36. The Labute approximate surface area is 207 Å². The molecule has 1 aliphatic heterocycles. The lowest BCUT2D eigenvalue weighted by atomic mass is 10.1. The van der Waals surface area contributed by atoms with Gasteiger partial charge in [-0.25, -0.2) is 10.5 Å². The number of carbonyl (C=O) groups excluding carboxylic acids is 1. The highest BCUT2D eigenvalue weighted by Crippen LogP contribution is 2.34. The highest BCUT2D eigenvalue weighted by Gasteiger charge is 2.15. The Hall–Kier alpha value is -3.53. The number of rotatable bonds is 8. The lowest BCUT2D eigenvalue weighted by Gasteiger charge is -2.29. The third-order valence-corrected chi connectivity index (χ3v) is 5.57. The minimum Gasteiger partial charge on any atom is -0.494 e. The summed E-state index contributed by atoms with van der Waals surface area (Å²) < 4.78 is 32.3. The Morgan fingerprint density at radius 3 is 2.74 bits per heavy atom. The average molecular weight is 487 g/mol. The van der Waals surface area contributed by atoms with E-state index < -0.39 is 12.9 Å². The SMILES string of the molecule is [2H]C([2H])([2H])ONC(=O)c1ccccc1Nc1cc(Nc2ccc(N3CCOCC3)cc2OC)ncc1Cl. The minimum atomic E-state index is -2.77. The quantitative estimate of drug-likeness (QED) is 0.404. The van der Waals surface area contributed by atoms with Crippen LogP contribution in [0.2, 0.25) is 5.02 Å². The number of ether oxygens (including phenoxy) is 2. The molecule has 0 radical (unpaired) electrons. The highest BCUT2D eigenvalue weighted by molar-refractivity contribution is 6.33. The topological polar surface area (TPSA) is 97.0 Å². The number of benzene rings is 2. The Morgan fingerprint density at radius 2 is 1.94 bits per heavy atom. The van der Waals surface area contributed by atoms with E-state index in [-0.39, 0.29) is 5.56 Å². The van der Waals surface area contributed by atoms with Crippen LogP contribution >= 0.6 is 11.6 Å². The van der Waals surface area contributed by atoms with Crippen LogP contribution in [0.1, 0.15) is 14.5 Å². The normalized spacial score (nSPS) is 15.0. The molecule has 9 nitrogen and oxygen atoms in total. The zero-order chi connectivity index (χ0) is 26.4. The fourth-order valence-corrected chi connectivity index (χ4v) is 3.73. The Balaban J connectivity index is 1.53. The van der Waals surface area contributed by atoms with Gasteiger partial charge in [0.05, 0.1) is 65.3 Å². The van der Waals surface area contributed by atoms with Crippen molar-refractivity contribution in [2.75, 3.05) is 56.0 Å². The van der Waals surface area contributed by atoms with E-state index in [0.29, 0.717) is 46.9 Å². The number of nitrogens with zero attached hydrogens (tertiary/aromatic N) is 2. The molecule has 0 saturated carbocycles.